The van der Waals surface area contributed by atoms with Crippen LogP contribution in [0.3, 0.4) is 0 Å². The first-order valence-electron chi connectivity index (χ1n) is 7.09. The van der Waals surface area contributed by atoms with Crippen molar-refractivity contribution in [3.05, 3.63) is 0 Å². The summed E-state index contributed by atoms with van der Waals surface area (Å²) in [4.78, 5) is 11.6. The van der Waals surface area contributed by atoms with E-state index < -0.39 is 0 Å². The Morgan fingerprint density at radius 3 is 2.56 bits per heavy atom. The van der Waals surface area contributed by atoms with Crippen LogP contribution in [0, 0.1) is 5.92 Å². The zero-order valence-corrected chi connectivity index (χ0v) is 11.9. The molecular weight excluding hydrogens is 230 g/mol. The molecule has 1 fully saturated rings. The standard InChI is InChI=1S/C14H27NO3/c1-11(2)10-12(3)18-14(16)6-9-17-13-4-7-15-8-5-13/h11-13,15H,4-10H2,1-3H3. The Morgan fingerprint density at radius 1 is 1.28 bits per heavy atom. The Hall–Kier alpha value is -0.610. The highest BCUT2D eigenvalue weighted by Gasteiger charge is 2.15. The normalized spacial score (nSPS) is 18.9. The van der Waals surface area contributed by atoms with Gasteiger partial charge < -0.3 is 14.8 Å². The SMILES string of the molecule is CC(C)CC(C)OC(=O)CCOC1CCNCC1. The number of piperidine rings is 1. The minimum absolute atomic E-state index is 0.0105. The Labute approximate surface area is 110 Å². The first-order chi connectivity index (χ1) is 8.58. The van der Waals surface area contributed by atoms with Gasteiger partial charge in [0.1, 0.15) is 0 Å². The van der Waals surface area contributed by atoms with Crippen LogP contribution in [0.2, 0.25) is 0 Å². The van der Waals surface area contributed by atoms with Crippen LogP contribution in [0.1, 0.15) is 46.5 Å². The topological polar surface area (TPSA) is 47.6 Å². The molecule has 0 aliphatic carbocycles. The number of rotatable bonds is 7. The lowest BCUT2D eigenvalue weighted by Gasteiger charge is -2.23. The van der Waals surface area contributed by atoms with Crippen molar-refractivity contribution in [2.24, 2.45) is 5.92 Å². The van der Waals surface area contributed by atoms with Gasteiger partial charge in [-0.15, -0.1) is 0 Å². The van der Waals surface area contributed by atoms with E-state index in [0.717, 1.165) is 32.4 Å². The van der Waals surface area contributed by atoms with E-state index in [4.69, 9.17) is 9.47 Å². The number of ether oxygens (including phenoxy) is 2. The lowest BCUT2D eigenvalue weighted by Crippen LogP contribution is -2.33. The van der Waals surface area contributed by atoms with E-state index in [1.165, 1.54) is 0 Å². The van der Waals surface area contributed by atoms with Gasteiger partial charge in [-0.25, -0.2) is 0 Å². The molecule has 0 radical (unpaired) electrons. The molecule has 4 heteroatoms. The van der Waals surface area contributed by atoms with Crippen molar-refractivity contribution in [2.75, 3.05) is 19.7 Å². The molecule has 0 aromatic heterocycles. The minimum atomic E-state index is -0.142. The molecule has 0 aromatic carbocycles. The fourth-order valence-electron chi connectivity index (χ4n) is 2.27. The molecule has 1 atom stereocenters. The van der Waals surface area contributed by atoms with Gasteiger partial charge in [0.2, 0.25) is 0 Å². The van der Waals surface area contributed by atoms with Gasteiger partial charge in [0, 0.05) is 0 Å². The smallest absolute Gasteiger partial charge is 0.308 e. The van der Waals surface area contributed by atoms with Gasteiger partial charge in [0.15, 0.2) is 0 Å². The fraction of sp³-hybridized carbons (Fsp3) is 0.929. The van der Waals surface area contributed by atoms with E-state index in [1.54, 1.807) is 0 Å². The summed E-state index contributed by atoms with van der Waals surface area (Å²) in [6.07, 6.45) is 3.69. The van der Waals surface area contributed by atoms with Gasteiger partial charge in [0.05, 0.1) is 25.2 Å². The lowest BCUT2D eigenvalue weighted by atomic mass is 10.1. The lowest BCUT2D eigenvalue weighted by molar-refractivity contribution is -0.150. The number of nitrogens with one attached hydrogen (secondary N) is 1. The maximum absolute atomic E-state index is 11.6. The summed E-state index contributed by atoms with van der Waals surface area (Å²) in [5.41, 5.74) is 0. The van der Waals surface area contributed by atoms with Gasteiger partial charge in [-0.05, 0) is 45.2 Å². The highest BCUT2D eigenvalue weighted by molar-refractivity contribution is 5.69. The molecule has 0 saturated carbocycles. The van der Waals surface area contributed by atoms with E-state index in [9.17, 15) is 4.79 Å². The molecule has 106 valence electrons. The molecule has 1 aliphatic rings. The van der Waals surface area contributed by atoms with E-state index in [2.05, 4.69) is 19.2 Å². The monoisotopic (exact) mass is 257 g/mol. The molecule has 0 bridgehead atoms. The summed E-state index contributed by atoms with van der Waals surface area (Å²) >= 11 is 0. The van der Waals surface area contributed by atoms with Crippen LogP contribution in [0.15, 0.2) is 0 Å². The molecule has 1 unspecified atom stereocenters. The third kappa shape index (κ3) is 6.97. The first kappa shape index (κ1) is 15.4. The number of hydrogen-bond donors (Lipinski definition) is 1. The largest absolute Gasteiger partial charge is 0.463 e. The van der Waals surface area contributed by atoms with E-state index in [0.29, 0.717) is 25.0 Å². The maximum Gasteiger partial charge on any atom is 0.308 e. The minimum Gasteiger partial charge on any atom is -0.463 e. The molecule has 0 aromatic rings. The number of esters is 1. The summed E-state index contributed by atoms with van der Waals surface area (Å²) in [5.74, 6) is 0.413. The van der Waals surface area contributed by atoms with E-state index in [-0.39, 0.29) is 12.1 Å². The molecule has 1 saturated heterocycles. The summed E-state index contributed by atoms with van der Waals surface area (Å²) in [6, 6.07) is 0. The average Bonchev–Trinajstić information content (AvgIpc) is 2.29. The molecule has 0 amide bonds. The zero-order chi connectivity index (χ0) is 13.4. The number of carbonyl (C=O) groups excluding carboxylic acids is 1. The Balaban J connectivity index is 2.05. The first-order valence-corrected chi connectivity index (χ1v) is 7.09. The van der Waals surface area contributed by atoms with Crippen LogP contribution in [-0.4, -0.2) is 37.9 Å². The van der Waals surface area contributed by atoms with Gasteiger partial charge >= 0.3 is 5.97 Å². The molecule has 1 rings (SSSR count). The quantitative estimate of drug-likeness (QED) is 0.710. The summed E-state index contributed by atoms with van der Waals surface area (Å²) in [5, 5.41) is 3.29. The van der Waals surface area contributed by atoms with Crippen LogP contribution < -0.4 is 5.32 Å². The fourth-order valence-corrected chi connectivity index (χ4v) is 2.27. The second-order valence-electron chi connectivity index (χ2n) is 5.50. The predicted octanol–water partition coefficient (Wildman–Crippen LogP) is 2.12. The Morgan fingerprint density at radius 2 is 1.94 bits per heavy atom. The van der Waals surface area contributed by atoms with Crippen molar-refractivity contribution >= 4 is 5.97 Å². The van der Waals surface area contributed by atoms with Crippen LogP contribution in [0.4, 0.5) is 0 Å². The molecule has 1 N–H and O–H groups in total. The summed E-state index contributed by atoms with van der Waals surface area (Å²) < 4.78 is 11.0. The van der Waals surface area contributed by atoms with Crippen LogP contribution >= 0.6 is 0 Å². The van der Waals surface area contributed by atoms with Crippen LogP contribution in [0.5, 0.6) is 0 Å². The second-order valence-corrected chi connectivity index (χ2v) is 5.50. The van der Waals surface area contributed by atoms with Crippen molar-refractivity contribution in [2.45, 2.75) is 58.7 Å². The van der Waals surface area contributed by atoms with Gasteiger partial charge in [-0.2, -0.15) is 0 Å². The van der Waals surface area contributed by atoms with Crippen molar-refractivity contribution in [1.82, 2.24) is 5.32 Å². The number of hydrogen-bond acceptors (Lipinski definition) is 4. The Bertz CT molecular complexity index is 237. The second kappa shape index (κ2) is 8.48. The van der Waals surface area contributed by atoms with Gasteiger partial charge in [-0.1, -0.05) is 13.8 Å². The highest BCUT2D eigenvalue weighted by Crippen LogP contribution is 2.10. The predicted molar refractivity (Wildman–Crippen MR) is 71.5 cm³/mol. The molecular formula is C14H27NO3. The summed E-state index contributed by atoms with van der Waals surface area (Å²) in [6.45, 7) is 8.72. The van der Waals surface area contributed by atoms with Crippen molar-refractivity contribution < 1.29 is 14.3 Å². The van der Waals surface area contributed by atoms with Crippen molar-refractivity contribution in [3.8, 4) is 0 Å². The van der Waals surface area contributed by atoms with E-state index >= 15 is 0 Å². The highest BCUT2D eigenvalue weighted by atomic mass is 16.5. The molecule has 4 nitrogen and oxygen atoms in total. The van der Waals surface area contributed by atoms with Gasteiger partial charge in [0.25, 0.3) is 0 Å². The van der Waals surface area contributed by atoms with E-state index in [1.807, 2.05) is 6.92 Å². The van der Waals surface area contributed by atoms with Crippen molar-refractivity contribution in [3.63, 3.8) is 0 Å². The Kier molecular flexibility index (Phi) is 7.28. The maximum atomic E-state index is 11.6. The molecule has 0 spiro atoms. The molecule has 18 heavy (non-hydrogen) atoms. The van der Waals surface area contributed by atoms with Crippen molar-refractivity contribution in [1.29, 1.82) is 0 Å². The number of carbonyl (C=O) groups is 1. The van der Waals surface area contributed by atoms with Gasteiger partial charge in [-0.3, -0.25) is 4.79 Å². The third-order valence-electron chi connectivity index (χ3n) is 3.08. The van der Waals surface area contributed by atoms with Crippen LogP contribution in [0.25, 0.3) is 0 Å². The molecule has 1 heterocycles. The average molecular weight is 257 g/mol. The van der Waals surface area contributed by atoms with Crippen LogP contribution in [-0.2, 0) is 14.3 Å². The zero-order valence-electron chi connectivity index (χ0n) is 11.9. The molecule has 1 aliphatic heterocycles. The third-order valence-corrected chi connectivity index (χ3v) is 3.08. The summed E-state index contributed by atoms with van der Waals surface area (Å²) in [7, 11) is 0.